The molecule has 0 bridgehead atoms. The highest BCUT2D eigenvalue weighted by Crippen LogP contribution is 2.32. The minimum Gasteiger partial charge on any atom is -0.326 e. The van der Waals surface area contributed by atoms with Gasteiger partial charge in [-0.15, -0.1) is 0 Å². The summed E-state index contributed by atoms with van der Waals surface area (Å²) in [5, 5.41) is 0. The second-order valence-electron chi connectivity index (χ2n) is 6.46. The van der Waals surface area contributed by atoms with Gasteiger partial charge in [-0.1, -0.05) is 0 Å². The normalized spacial score (nSPS) is 27.0. The van der Waals surface area contributed by atoms with E-state index in [1.54, 1.807) is 0 Å². The van der Waals surface area contributed by atoms with Gasteiger partial charge in [-0.05, 0) is 39.5 Å². The molecule has 1 saturated carbocycles. The Morgan fingerprint density at radius 3 is 2.12 bits per heavy atom. The zero-order chi connectivity index (χ0) is 11.8. The van der Waals surface area contributed by atoms with Gasteiger partial charge in [-0.2, -0.15) is 0 Å². The van der Waals surface area contributed by atoms with Gasteiger partial charge < -0.3 is 5.73 Å². The highest BCUT2D eigenvalue weighted by molar-refractivity contribution is 4.88. The maximum atomic E-state index is 6.17. The molecule has 0 radical (unpaired) electrons. The topological polar surface area (TPSA) is 32.5 Å². The SMILES string of the molecule is CC(C)(C)N1CCN(CC(N)C2CC2)CC1. The fourth-order valence-electron chi connectivity index (χ4n) is 2.57. The minimum absolute atomic E-state index is 0.324. The van der Waals surface area contributed by atoms with Crippen molar-refractivity contribution in [3.05, 3.63) is 0 Å². The molecule has 0 aromatic rings. The third-order valence-corrected chi connectivity index (χ3v) is 4.02. The van der Waals surface area contributed by atoms with Crippen molar-refractivity contribution in [1.82, 2.24) is 9.80 Å². The van der Waals surface area contributed by atoms with Crippen molar-refractivity contribution in [2.75, 3.05) is 32.7 Å². The molecule has 3 heteroatoms. The van der Waals surface area contributed by atoms with Gasteiger partial charge in [0, 0.05) is 44.3 Å². The Kier molecular flexibility index (Phi) is 3.57. The van der Waals surface area contributed by atoms with E-state index in [1.165, 1.54) is 39.0 Å². The standard InChI is InChI=1S/C13H27N3/c1-13(2,3)16-8-6-15(7-9-16)10-12(14)11-4-5-11/h11-12H,4-10,14H2,1-3H3. The van der Waals surface area contributed by atoms with Crippen LogP contribution in [-0.4, -0.2) is 54.1 Å². The molecular formula is C13H27N3. The lowest BCUT2D eigenvalue weighted by molar-refractivity contribution is 0.0589. The van der Waals surface area contributed by atoms with Crippen molar-refractivity contribution >= 4 is 0 Å². The van der Waals surface area contributed by atoms with Crippen molar-refractivity contribution < 1.29 is 0 Å². The summed E-state index contributed by atoms with van der Waals surface area (Å²) in [4.78, 5) is 5.12. The van der Waals surface area contributed by atoms with Crippen LogP contribution in [0.4, 0.5) is 0 Å². The lowest BCUT2D eigenvalue weighted by Gasteiger charge is -2.42. The quantitative estimate of drug-likeness (QED) is 0.782. The molecule has 2 rings (SSSR count). The van der Waals surface area contributed by atoms with Crippen LogP contribution in [0.3, 0.4) is 0 Å². The second-order valence-corrected chi connectivity index (χ2v) is 6.46. The molecule has 0 spiro atoms. The highest BCUT2D eigenvalue weighted by Gasteiger charge is 2.31. The van der Waals surface area contributed by atoms with E-state index in [9.17, 15) is 0 Å². The summed E-state index contributed by atoms with van der Waals surface area (Å²) >= 11 is 0. The van der Waals surface area contributed by atoms with Crippen LogP contribution in [0.5, 0.6) is 0 Å². The molecule has 1 heterocycles. The Morgan fingerprint density at radius 2 is 1.69 bits per heavy atom. The first kappa shape index (κ1) is 12.3. The summed E-state index contributed by atoms with van der Waals surface area (Å²) in [5.74, 6) is 0.834. The second kappa shape index (κ2) is 4.63. The lowest BCUT2D eigenvalue weighted by Crippen LogP contribution is -2.55. The molecule has 1 atom stereocenters. The van der Waals surface area contributed by atoms with Crippen LogP contribution in [0.1, 0.15) is 33.6 Å². The first-order valence-electron chi connectivity index (χ1n) is 6.70. The molecule has 16 heavy (non-hydrogen) atoms. The average molecular weight is 225 g/mol. The van der Waals surface area contributed by atoms with E-state index in [4.69, 9.17) is 5.73 Å². The Hall–Kier alpha value is -0.120. The molecule has 2 fully saturated rings. The van der Waals surface area contributed by atoms with Crippen molar-refractivity contribution in [2.24, 2.45) is 11.7 Å². The van der Waals surface area contributed by atoms with Crippen LogP contribution < -0.4 is 5.73 Å². The van der Waals surface area contributed by atoms with E-state index in [0.717, 1.165) is 12.5 Å². The Bertz CT molecular complexity index is 222. The van der Waals surface area contributed by atoms with E-state index in [0.29, 0.717) is 11.6 Å². The Morgan fingerprint density at radius 1 is 1.12 bits per heavy atom. The van der Waals surface area contributed by atoms with Crippen LogP contribution in [0, 0.1) is 5.92 Å². The molecular weight excluding hydrogens is 198 g/mol. The third kappa shape index (κ3) is 3.19. The van der Waals surface area contributed by atoms with Gasteiger partial charge in [-0.25, -0.2) is 0 Å². The Labute approximate surface area is 100.0 Å². The maximum absolute atomic E-state index is 6.17. The molecule has 2 N–H and O–H groups in total. The zero-order valence-electron chi connectivity index (χ0n) is 11.1. The summed E-state index contributed by atoms with van der Waals surface area (Å²) in [7, 11) is 0. The maximum Gasteiger partial charge on any atom is 0.0196 e. The molecule has 2 aliphatic rings. The number of nitrogens with zero attached hydrogens (tertiary/aromatic N) is 2. The predicted octanol–water partition coefficient (Wildman–Crippen LogP) is 1.14. The zero-order valence-corrected chi connectivity index (χ0v) is 11.1. The smallest absolute Gasteiger partial charge is 0.0196 e. The van der Waals surface area contributed by atoms with Crippen molar-refractivity contribution in [3.63, 3.8) is 0 Å². The first-order chi connectivity index (χ1) is 7.47. The highest BCUT2D eigenvalue weighted by atomic mass is 15.3. The van der Waals surface area contributed by atoms with E-state index in [-0.39, 0.29) is 0 Å². The summed E-state index contributed by atoms with van der Waals surface area (Å²) < 4.78 is 0. The summed E-state index contributed by atoms with van der Waals surface area (Å²) in [5.41, 5.74) is 6.50. The van der Waals surface area contributed by atoms with Gasteiger partial charge in [0.25, 0.3) is 0 Å². The van der Waals surface area contributed by atoms with Crippen molar-refractivity contribution in [3.8, 4) is 0 Å². The van der Waals surface area contributed by atoms with Gasteiger partial charge in [0.15, 0.2) is 0 Å². The van der Waals surface area contributed by atoms with Crippen LogP contribution in [-0.2, 0) is 0 Å². The van der Waals surface area contributed by atoms with Crippen molar-refractivity contribution in [2.45, 2.75) is 45.2 Å². The molecule has 0 aromatic carbocycles. The van der Waals surface area contributed by atoms with Crippen LogP contribution in [0.25, 0.3) is 0 Å². The van der Waals surface area contributed by atoms with Crippen LogP contribution in [0.15, 0.2) is 0 Å². The van der Waals surface area contributed by atoms with Gasteiger partial charge in [0.2, 0.25) is 0 Å². The summed E-state index contributed by atoms with van der Waals surface area (Å²) in [6, 6.07) is 0.432. The molecule has 1 aliphatic carbocycles. The molecule has 1 unspecified atom stereocenters. The van der Waals surface area contributed by atoms with E-state index < -0.39 is 0 Å². The number of hydrogen-bond acceptors (Lipinski definition) is 3. The molecule has 1 aliphatic heterocycles. The number of nitrogens with two attached hydrogens (primary N) is 1. The molecule has 1 saturated heterocycles. The first-order valence-corrected chi connectivity index (χ1v) is 6.70. The van der Waals surface area contributed by atoms with Gasteiger partial charge in [0.05, 0.1) is 0 Å². The minimum atomic E-state index is 0.324. The van der Waals surface area contributed by atoms with Gasteiger partial charge >= 0.3 is 0 Å². The van der Waals surface area contributed by atoms with Crippen LogP contribution in [0.2, 0.25) is 0 Å². The third-order valence-electron chi connectivity index (χ3n) is 4.02. The molecule has 3 nitrogen and oxygen atoms in total. The van der Waals surface area contributed by atoms with Crippen LogP contribution >= 0.6 is 0 Å². The summed E-state index contributed by atoms with van der Waals surface area (Å²) in [6.07, 6.45) is 2.73. The van der Waals surface area contributed by atoms with Gasteiger partial charge in [-0.3, -0.25) is 9.80 Å². The number of rotatable bonds is 3. The molecule has 94 valence electrons. The molecule has 0 aromatic heterocycles. The van der Waals surface area contributed by atoms with E-state index in [2.05, 4.69) is 30.6 Å². The fraction of sp³-hybridized carbons (Fsp3) is 1.00. The monoisotopic (exact) mass is 225 g/mol. The molecule has 0 amide bonds. The van der Waals surface area contributed by atoms with E-state index in [1.807, 2.05) is 0 Å². The van der Waals surface area contributed by atoms with Crippen molar-refractivity contribution in [1.29, 1.82) is 0 Å². The predicted molar refractivity (Wildman–Crippen MR) is 68.5 cm³/mol. The van der Waals surface area contributed by atoms with E-state index >= 15 is 0 Å². The fourth-order valence-corrected chi connectivity index (χ4v) is 2.57. The largest absolute Gasteiger partial charge is 0.326 e. The Balaban J connectivity index is 1.72. The average Bonchev–Trinajstić information content (AvgIpc) is 3.00. The number of hydrogen-bond donors (Lipinski definition) is 1. The summed E-state index contributed by atoms with van der Waals surface area (Å²) in [6.45, 7) is 12.8. The number of piperazine rings is 1. The lowest BCUT2D eigenvalue weighted by atomic mass is 10.0. The van der Waals surface area contributed by atoms with Gasteiger partial charge in [0.1, 0.15) is 0 Å².